The summed E-state index contributed by atoms with van der Waals surface area (Å²) in [4.78, 5) is 167. The number of fused-ring (bicyclic) bond motifs is 2. The number of nitrogens with zero attached hydrogens (tertiary/aromatic N) is 2. The van der Waals surface area contributed by atoms with Crippen LogP contribution in [0.3, 0.4) is 0 Å². The van der Waals surface area contributed by atoms with Gasteiger partial charge in [-0.3, -0.25) is 57.9 Å². The van der Waals surface area contributed by atoms with Gasteiger partial charge in [0.2, 0.25) is 35.4 Å². The number of nitrogens with two attached hydrogens (primary N) is 2. The minimum atomic E-state index is -2.01. The molecule has 0 fully saturated rings. The number of carbonyl (C=O) groups excluding carboxylic acids is 8. The van der Waals surface area contributed by atoms with Gasteiger partial charge in [-0.2, -0.15) is 0 Å². The number of amides is 8. The fraction of sp³-hybridized carbons (Fsp3) is 0.444. The van der Waals surface area contributed by atoms with Crippen molar-refractivity contribution in [3.63, 3.8) is 0 Å². The van der Waals surface area contributed by atoms with Crippen molar-refractivity contribution in [2.75, 3.05) is 26.3 Å². The molecule has 8 amide bonds. The summed E-state index contributed by atoms with van der Waals surface area (Å²) in [5.74, 6) is -15.4. The fourth-order valence-electron chi connectivity index (χ4n) is 8.58. The Kier molecular flexibility index (Phi) is 27.4. The highest BCUT2D eigenvalue weighted by Gasteiger charge is 2.35. The molecule has 18 N–H and O–H groups in total. The number of carboxylic acids is 4. The SMILES string of the molecule is NCCCC[C@H](NC(=O)[C@H](CCCC[C@H](NC(=O)[C@H](CC(=O)O)NC(=O)[C@H](CO)NC(=O)c1nccc2ccccc12)C(=O)N[C@@H](CCCCN)C(=O)O)NC(=O)[C@H](CC(=O)O)NC(=O)[C@H](CO)NC(=O)c1nccc2ccccc12)C(=O)O. The van der Waals surface area contributed by atoms with Crippen LogP contribution in [0.4, 0.5) is 0 Å². The number of carbonyl (C=O) groups is 12. The van der Waals surface area contributed by atoms with E-state index in [1.807, 2.05) is 0 Å². The van der Waals surface area contributed by atoms with Crippen molar-refractivity contribution in [2.45, 2.75) is 125 Å². The molecule has 0 aliphatic heterocycles. The maximum Gasteiger partial charge on any atom is 0.326 e. The number of hydrogen-bond donors (Lipinski definition) is 16. The van der Waals surface area contributed by atoms with E-state index in [2.05, 4.69) is 52.5 Å². The van der Waals surface area contributed by atoms with Crippen LogP contribution in [0.2, 0.25) is 0 Å². The van der Waals surface area contributed by atoms with E-state index in [0.717, 1.165) is 0 Å². The molecule has 8 atom stereocenters. The van der Waals surface area contributed by atoms with E-state index in [4.69, 9.17) is 11.5 Å². The molecule has 0 radical (unpaired) electrons. The third-order valence-corrected chi connectivity index (χ3v) is 13.0. The Morgan fingerprint density at radius 3 is 1.01 bits per heavy atom. The second-order valence-electron chi connectivity index (χ2n) is 19.3. The zero-order valence-corrected chi connectivity index (χ0v) is 45.5. The fourth-order valence-corrected chi connectivity index (χ4v) is 8.58. The summed E-state index contributed by atoms with van der Waals surface area (Å²) >= 11 is 0. The highest BCUT2D eigenvalue weighted by atomic mass is 16.4. The summed E-state index contributed by atoms with van der Waals surface area (Å²) in [6.07, 6.45) is 0.0759. The molecule has 4 rings (SSSR count). The van der Waals surface area contributed by atoms with Crippen molar-refractivity contribution in [1.82, 2.24) is 52.5 Å². The summed E-state index contributed by atoms with van der Waals surface area (Å²) in [6, 6.07) is 2.34. The maximum atomic E-state index is 14.0. The Morgan fingerprint density at radius 2 is 0.679 bits per heavy atom. The van der Waals surface area contributed by atoms with E-state index in [1.54, 1.807) is 60.7 Å². The first kappa shape index (κ1) is 67.2. The van der Waals surface area contributed by atoms with Crippen LogP contribution in [0.15, 0.2) is 73.1 Å². The van der Waals surface area contributed by atoms with Gasteiger partial charge in [-0.05, 0) is 87.4 Å². The molecule has 0 unspecified atom stereocenters. The molecule has 4 aromatic rings. The number of benzene rings is 2. The average Bonchev–Trinajstić information content (AvgIpc) is 3.64. The van der Waals surface area contributed by atoms with Crippen molar-refractivity contribution < 1.29 is 88.2 Å². The third-order valence-electron chi connectivity index (χ3n) is 13.0. The lowest BCUT2D eigenvalue weighted by Gasteiger charge is -2.26. The lowest BCUT2D eigenvalue weighted by Crippen LogP contribution is -2.59. The van der Waals surface area contributed by atoms with Crippen LogP contribution in [-0.2, 0) is 47.9 Å². The lowest BCUT2D eigenvalue weighted by atomic mass is 10.0. The Labute approximate surface area is 479 Å². The van der Waals surface area contributed by atoms with Crippen LogP contribution >= 0.6 is 0 Å². The summed E-state index contributed by atoms with van der Waals surface area (Å²) < 4.78 is 0. The van der Waals surface area contributed by atoms with Gasteiger partial charge in [-0.15, -0.1) is 0 Å². The molecule has 84 heavy (non-hydrogen) atoms. The number of nitrogens with one attached hydrogen (secondary N) is 8. The maximum absolute atomic E-state index is 14.0. The Bertz CT molecular complexity index is 2790. The van der Waals surface area contributed by atoms with Crippen LogP contribution in [-0.4, -0.2) is 186 Å². The second-order valence-corrected chi connectivity index (χ2v) is 19.3. The van der Waals surface area contributed by atoms with Gasteiger partial charge in [0.25, 0.3) is 11.8 Å². The van der Waals surface area contributed by atoms with Crippen LogP contribution in [0, 0.1) is 0 Å². The Balaban J connectivity index is 1.59. The molecule has 2 aromatic carbocycles. The first-order valence-corrected chi connectivity index (χ1v) is 26.7. The molecule has 2 heterocycles. The Morgan fingerprint density at radius 1 is 0.381 bits per heavy atom. The van der Waals surface area contributed by atoms with Crippen molar-refractivity contribution >= 4 is 92.7 Å². The quantitative estimate of drug-likeness (QED) is 0.0208. The molecule has 30 heteroatoms. The predicted octanol–water partition coefficient (Wildman–Crippen LogP) is -2.49. The number of carboxylic acid groups (broad SMARTS) is 4. The minimum absolute atomic E-state index is 0.125. The molecule has 0 saturated carbocycles. The number of rotatable bonds is 37. The standard InChI is InChI=1S/C54H70N12O18/c55-21-9-7-17-35(53(81)82)61-45(73)33(59-47(75)37(25-41(69)70)63-49(77)39(27-67)65-51(79)43-31-13-3-1-11-29(31)19-23-57-43)15-5-6-16-34(46(74)62-36(54(83)84)18-8-10-22-56)60-48(76)38(26-42(71)72)64-50(78)40(28-68)66-52(80)44-32-14-4-2-12-30(32)20-24-58-44/h1-4,11-14,19-20,23-24,33-40,67-68H,5-10,15-18,21-22,25-28,55-56H2,(H,59,75)(H,60,76)(H,61,73)(H,62,74)(H,63,77)(H,64,78)(H,65,79)(H,66,80)(H,69,70)(H,71,72)(H,81,82)(H,83,84)/t33-,34-,35-,36-,37-,38-,39-,40-/m0/s1. The molecule has 0 aliphatic carbocycles. The number of hydrogen-bond acceptors (Lipinski definition) is 18. The molecular weight excluding hydrogens is 1100 g/mol. The van der Waals surface area contributed by atoms with Crippen LogP contribution in [0.5, 0.6) is 0 Å². The predicted molar refractivity (Wildman–Crippen MR) is 296 cm³/mol. The molecule has 0 saturated heterocycles. The van der Waals surface area contributed by atoms with E-state index in [-0.39, 0.29) is 63.0 Å². The van der Waals surface area contributed by atoms with Gasteiger partial charge in [0, 0.05) is 23.2 Å². The zero-order valence-electron chi connectivity index (χ0n) is 45.5. The first-order valence-electron chi connectivity index (χ1n) is 26.7. The zero-order chi connectivity index (χ0) is 61.9. The van der Waals surface area contributed by atoms with Crippen LogP contribution in [0.1, 0.15) is 98.0 Å². The number of aliphatic hydroxyl groups is 2. The smallest absolute Gasteiger partial charge is 0.326 e. The van der Waals surface area contributed by atoms with E-state index >= 15 is 0 Å². The summed E-state index contributed by atoms with van der Waals surface area (Å²) in [5, 5.41) is 80.0. The van der Waals surface area contributed by atoms with Crippen molar-refractivity contribution in [2.24, 2.45) is 11.5 Å². The van der Waals surface area contributed by atoms with E-state index in [1.165, 1.54) is 12.4 Å². The lowest BCUT2D eigenvalue weighted by molar-refractivity contribution is -0.143. The summed E-state index contributed by atoms with van der Waals surface area (Å²) in [7, 11) is 0. The minimum Gasteiger partial charge on any atom is -0.481 e. The van der Waals surface area contributed by atoms with Gasteiger partial charge < -0.3 is 84.6 Å². The highest BCUT2D eigenvalue weighted by molar-refractivity contribution is 6.08. The molecule has 0 spiro atoms. The molecule has 0 bridgehead atoms. The molecule has 454 valence electrons. The van der Waals surface area contributed by atoms with E-state index in [0.29, 0.717) is 34.4 Å². The van der Waals surface area contributed by atoms with Gasteiger partial charge in [0.1, 0.15) is 59.7 Å². The van der Waals surface area contributed by atoms with E-state index < -0.39 is 158 Å². The molecule has 0 aliphatic rings. The van der Waals surface area contributed by atoms with Crippen molar-refractivity contribution in [3.8, 4) is 0 Å². The monoisotopic (exact) mass is 1170 g/mol. The number of unbranched alkanes of at least 4 members (excludes halogenated alkanes) is 3. The van der Waals surface area contributed by atoms with Crippen LogP contribution < -0.4 is 54.0 Å². The van der Waals surface area contributed by atoms with Gasteiger partial charge in [-0.1, -0.05) is 61.4 Å². The highest BCUT2D eigenvalue weighted by Crippen LogP contribution is 2.18. The average molecular weight is 1180 g/mol. The van der Waals surface area contributed by atoms with Gasteiger partial charge >= 0.3 is 23.9 Å². The number of aromatic nitrogens is 2. The topological polar surface area (TPSA) is 500 Å². The second kappa shape index (κ2) is 34.2. The summed E-state index contributed by atoms with van der Waals surface area (Å²) in [5.41, 5.74) is 10.9. The van der Waals surface area contributed by atoms with Gasteiger partial charge in [0.15, 0.2) is 0 Å². The van der Waals surface area contributed by atoms with Crippen molar-refractivity contribution in [3.05, 3.63) is 84.4 Å². The number of aliphatic carboxylic acids is 4. The third kappa shape index (κ3) is 20.9. The first-order chi connectivity index (χ1) is 40.1. The molecule has 2 aromatic heterocycles. The molecular formula is C54H70N12O18. The molecule has 30 nitrogen and oxygen atoms in total. The Hall–Kier alpha value is -9.26. The van der Waals surface area contributed by atoms with Gasteiger partial charge in [-0.25, -0.2) is 9.59 Å². The normalized spacial score (nSPS) is 13.9. The number of aliphatic hydroxyl groups excluding tert-OH is 2. The number of pyridine rings is 2. The van der Waals surface area contributed by atoms with Crippen molar-refractivity contribution in [1.29, 1.82) is 0 Å². The van der Waals surface area contributed by atoms with E-state index in [9.17, 15) is 88.2 Å². The van der Waals surface area contributed by atoms with Crippen LogP contribution in [0.25, 0.3) is 21.5 Å². The summed E-state index contributed by atoms with van der Waals surface area (Å²) in [6.45, 7) is -1.73. The largest absolute Gasteiger partial charge is 0.481 e. The van der Waals surface area contributed by atoms with Gasteiger partial charge in [0.05, 0.1) is 26.1 Å².